The van der Waals surface area contributed by atoms with Crippen LogP contribution in [0.2, 0.25) is 0 Å². The summed E-state index contributed by atoms with van der Waals surface area (Å²) in [5.74, 6) is -8.88. The van der Waals surface area contributed by atoms with Crippen LogP contribution in [0.5, 0.6) is 5.75 Å². The number of fused-ring (bicyclic) bond motifs is 1. The Morgan fingerprint density at radius 1 is 0.598 bits per heavy atom. The molecule has 1 aliphatic rings. The summed E-state index contributed by atoms with van der Waals surface area (Å²) in [5, 5.41) is 71.6. The van der Waals surface area contributed by atoms with Crippen LogP contribution in [0.15, 0.2) is 108 Å². The Balaban J connectivity index is 1.20. The van der Waals surface area contributed by atoms with Crippen molar-refractivity contribution in [1.29, 1.82) is 0 Å². The molecule has 0 aliphatic carbocycles. The number of nitrogens with zero attached hydrogens (tertiary/aromatic N) is 3. The molecule has 0 saturated heterocycles. The van der Waals surface area contributed by atoms with E-state index >= 15 is 0 Å². The number of carboxylic acids is 2. The monoisotopic (exact) mass is 1310 g/mol. The minimum atomic E-state index is -1.70. The summed E-state index contributed by atoms with van der Waals surface area (Å²) in [5.41, 5.74) is 8.22. The summed E-state index contributed by atoms with van der Waals surface area (Å²) in [6, 6.07) is 15.8. The number of benzene rings is 4. The Morgan fingerprint density at radius 2 is 1.10 bits per heavy atom. The number of anilines is 1. The topological polar surface area (TPSA) is 432 Å². The van der Waals surface area contributed by atoms with Crippen molar-refractivity contribution in [3.05, 3.63) is 125 Å². The zero-order chi connectivity index (χ0) is 66.7. The van der Waals surface area contributed by atoms with Crippen molar-refractivity contribution in [2.24, 2.45) is 10.7 Å². The van der Waals surface area contributed by atoms with E-state index in [2.05, 4.69) is 52.5 Å². The molecular weight excluding hydrogens is 1230 g/mol. The lowest BCUT2D eigenvalue weighted by molar-refractivity contribution is -0.139. The first kappa shape index (κ1) is 72.0. The molecule has 3 unspecified atom stereocenters. The smallest absolute Gasteiger partial charge is 0.408 e. The van der Waals surface area contributed by atoms with Crippen LogP contribution in [-0.4, -0.2) is 194 Å². The fraction of sp³-hybridized carbons (Fsp3) is 0.419. The highest BCUT2D eigenvalue weighted by molar-refractivity contribution is 8.15. The lowest BCUT2D eigenvalue weighted by Crippen LogP contribution is -2.61. The van der Waals surface area contributed by atoms with E-state index in [1.54, 1.807) is 78.9 Å². The zero-order valence-electron chi connectivity index (χ0n) is 50.7. The van der Waals surface area contributed by atoms with Gasteiger partial charge in [0, 0.05) is 30.7 Å². The number of thioether (sulfide) groups is 1. The molecular formula is C62H78N12O16S2. The SMILES string of the molecule is CN(C)CCCCC(NC(=O)[C@H](CO)NC(=O)OCc1ccccc1)C(=O)N[C@@H](CCC(=O)O)C(=O)N[C@@H](Cc1ccc(O)cc1)C(=O)N[C@@H](Cc1ccccc1)C(=O)NC(CO)C(=O)N[C@@H](CCCCN)C(=O)Nc1ccc2nc(C3=NC(C(=O)O)CS3)sc2c1. The van der Waals surface area contributed by atoms with Gasteiger partial charge in [-0.3, -0.25) is 43.3 Å². The average molecular weight is 1310 g/mol. The number of carboxylic acid groups (broad SMARTS) is 2. The molecule has 6 rings (SSSR count). The number of phenols is 1. The Bertz CT molecular complexity index is 3360. The van der Waals surface area contributed by atoms with Crippen LogP contribution in [0.3, 0.4) is 0 Å². The van der Waals surface area contributed by atoms with Gasteiger partial charge in [-0.05, 0) is 119 Å². The number of unbranched alkanes of at least 4 members (excludes halogenated alkanes) is 2. The van der Waals surface area contributed by atoms with Crippen molar-refractivity contribution in [3.8, 4) is 5.75 Å². The Labute approximate surface area is 538 Å². The van der Waals surface area contributed by atoms with Crippen LogP contribution in [0.25, 0.3) is 10.2 Å². The largest absolute Gasteiger partial charge is 0.508 e. The van der Waals surface area contributed by atoms with Crippen LogP contribution in [0.4, 0.5) is 10.5 Å². The number of nitrogens with two attached hydrogens (primary N) is 1. The molecule has 0 saturated carbocycles. The minimum Gasteiger partial charge on any atom is -0.508 e. The van der Waals surface area contributed by atoms with E-state index in [1.165, 1.54) is 47.4 Å². The van der Waals surface area contributed by atoms with Crippen molar-refractivity contribution < 1.29 is 78.2 Å². The van der Waals surface area contributed by atoms with E-state index < -0.39 is 134 Å². The standard InChI is InChI=1S/C62H78N12O16S2/c1-74(2)28-12-10-18-43(66-58(86)48(33-76)73-62(89)90-34-38-15-7-4-8-16-38)53(81)67-44(25-26-51(78)79)54(82)68-46(30-37-19-22-40(77)23-20-37)55(83)69-45(29-36-13-5-3-6-14-36)56(84)70-47(32-75)57(85)65-42(17-9-11-27-63)52(80)64-39-21-24-41-50(31-39)92-60(71-41)59-72-49(35-91-59)61(87)88/h3-8,13-16,19-24,31,42-49,75-77H,9-12,17-18,25-30,32-35,63H2,1-2H3,(H,64,80)(H,65,85)(H,66,86)(H,67,81)(H,68,82)(H,69,83)(H,70,84)(H,73,89)(H,78,79)(H,87,88)/t42-,43?,44-,45-,46-,47?,48-,49?/m0/s1. The van der Waals surface area contributed by atoms with Crippen LogP contribution < -0.4 is 48.3 Å². The van der Waals surface area contributed by atoms with Gasteiger partial charge >= 0.3 is 18.0 Å². The van der Waals surface area contributed by atoms with Crippen LogP contribution >= 0.6 is 23.1 Å². The Hall–Kier alpha value is -9.07. The number of carbonyl (C=O) groups is 10. The highest BCUT2D eigenvalue weighted by Gasteiger charge is 2.35. The fourth-order valence-electron chi connectivity index (χ4n) is 9.35. The van der Waals surface area contributed by atoms with Gasteiger partial charge in [0.05, 0.1) is 23.4 Å². The number of aliphatic imine (C=N–C) groups is 1. The Morgan fingerprint density at radius 3 is 1.64 bits per heavy atom. The molecule has 494 valence electrons. The molecule has 2 heterocycles. The Kier molecular flexibility index (Phi) is 28.7. The van der Waals surface area contributed by atoms with Gasteiger partial charge in [-0.25, -0.2) is 14.6 Å². The number of aromatic nitrogens is 1. The summed E-state index contributed by atoms with van der Waals surface area (Å²) >= 11 is 2.52. The van der Waals surface area contributed by atoms with E-state index in [1.807, 2.05) is 19.0 Å². The summed E-state index contributed by atoms with van der Waals surface area (Å²) in [4.78, 5) is 147. The van der Waals surface area contributed by atoms with Crippen molar-refractivity contribution in [3.63, 3.8) is 0 Å². The fourth-order valence-corrected chi connectivity index (χ4v) is 11.5. The second-order valence-electron chi connectivity index (χ2n) is 21.9. The van der Waals surface area contributed by atoms with Gasteiger partial charge in [0.25, 0.3) is 0 Å². The maximum absolute atomic E-state index is 14.8. The number of phenolic OH excluding ortho intramolecular Hbond substituents is 1. The number of thiazole rings is 1. The molecule has 0 fully saturated rings. The maximum Gasteiger partial charge on any atom is 0.408 e. The predicted molar refractivity (Wildman–Crippen MR) is 342 cm³/mol. The van der Waals surface area contributed by atoms with Gasteiger partial charge in [-0.1, -0.05) is 72.8 Å². The summed E-state index contributed by atoms with van der Waals surface area (Å²) in [7, 11) is 3.67. The van der Waals surface area contributed by atoms with Crippen molar-refractivity contribution >= 4 is 103 Å². The molecule has 1 aromatic heterocycles. The number of hydrogen-bond donors (Lipinski definition) is 14. The van der Waals surface area contributed by atoms with Gasteiger partial charge in [0.1, 0.15) is 64.7 Å². The van der Waals surface area contributed by atoms with Gasteiger partial charge < -0.3 is 83.4 Å². The van der Waals surface area contributed by atoms with Gasteiger partial charge in [0.15, 0.2) is 6.04 Å². The molecule has 4 aromatic carbocycles. The lowest BCUT2D eigenvalue weighted by Gasteiger charge is -2.28. The number of aliphatic carboxylic acids is 2. The quantitative estimate of drug-likeness (QED) is 0.0249. The molecule has 15 N–H and O–H groups in total. The first-order valence-corrected chi connectivity index (χ1v) is 31.5. The van der Waals surface area contributed by atoms with Crippen LogP contribution in [0, 0.1) is 0 Å². The molecule has 92 heavy (non-hydrogen) atoms. The third-order valence-corrected chi connectivity index (χ3v) is 16.6. The average Bonchev–Trinajstić information content (AvgIpc) is 1.68. The van der Waals surface area contributed by atoms with Gasteiger partial charge in [-0.2, -0.15) is 0 Å². The molecule has 5 aromatic rings. The number of nitrogens with one attached hydrogen (secondary N) is 8. The third-order valence-electron chi connectivity index (χ3n) is 14.4. The third kappa shape index (κ3) is 23.3. The molecule has 8 atom stereocenters. The number of alkyl carbamates (subject to hydrolysis) is 1. The number of aromatic hydroxyl groups is 1. The number of rotatable bonds is 37. The summed E-state index contributed by atoms with van der Waals surface area (Å²) < 4.78 is 5.86. The number of amides is 8. The molecule has 30 heteroatoms. The van der Waals surface area contributed by atoms with E-state index in [9.17, 15) is 73.5 Å². The predicted octanol–water partition coefficient (Wildman–Crippen LogP) is 1.29. The maximum atomic E-state index is 14.8. The van der Waals surface area contributed by atoms with Crippen molar-refractivity contribution in [1.82, 2.24) is 47.1 Å². The summed E-state index contributed by atoms with van der Waals surface area (Å²) in [6.45, 7) is -1.18. The highest BCUT2D eigenvalue weighted by atomic mass is 32.2. The van der Waals surface area contributed by atoms with E-state index in [4.69, 9.17) is 10.5 Å². The van der Waals surface area contributed by atoms with Crippen LogP contribution in [0.1, 0.15) is 73.1 Å². The number of aliphatic hydroxyl groups excluding tert-OH is 2. The first-order chi connectivity index (χ1) is 44.1. The first-order valence-electron chi connectivity index (χ1n) is 29.7. The van der Waals surface area contributed by atoms with Gasteiger partial charge in [0.2, 0.25) is 41.4 Å². The second-order valence-corrected chi connectivity index (χ2v) is 23.9. The number of carbonyl (C=O) groups excluding carboxylic acids is 8. The van der Waals surface area contributed by atoms with Gasteiger partial charge in [-0.15, -0.1) is 23.1 Å². The molecule has 0 bridgehead atoms. The van der Waals surface area contributed by atoms with Crippen LogP contribution in [-0.2, 0) is 67.3 Å². The van der Waals surface area contributed by atoms with E-state index in [-0.39, 0.29) is 50.3 Å². The minimum absolute atomic E-state index is 0.0272. The second kappa shape index (κ2) is 36.7. The molecule has 0 radical (unpaired) electrons. The van der Waals surface area contributed by atoms with E-state index in [0.717, 1.165) is 0 Å². The molecule has 1 aliphatic heterocycles. The number of hydrogen-bond acceptors (Lipinski definition) is 20. The number of ether oxygens (including phenoxy) is 1. The van der Waals surface area contributed by atoms with E-state index in [0.29, 0.717) is 74.9 Å². The normalized spacial score (nSPS) is 15.0. The zero-order valence-corrected chi connectivity index (χ0v) is 52.3. The summed E-state index contributed by atoms with van der Waals surface area (Å²) in [6.07, 6.45) is -0.984. The van der Waals surface area contributed by atoms with Crippen molar-refractivity contribution in [2.45, 2.75) is 119 Å². The molecule has 0 spiro atoms. The lowest BCUT2D eigenvalue weighted by atomic mass is 10.0. The van der Waals surface area contributed by atoms with Crippen molar-refractivity contribution in [2.75, 3.05) is 51.5 Å². The molecule has 28 nitrogen and oxygen atoms in total. The highest BCUT2D eigenvalue weighted by Crippen LogP contribution is 2.31. The molecule has 8 amide bonds. The number of aliphatic hydroxyl groups is 2.